The van der Waals surface area contributed by atoms with E-state index in [-0.39, 0.29) is 11.6 Å². The van der Waals surface area contributed by atoms with Crippen molar-refractivity contribution in [3.05, 3.63) is 35.1 Å². The normalized spacial score (nSPS) is 17.9. The standard InChI is InChI=1S/C14H16F3NO2/c15-10-7-12(17)11(16)6-9(10)13(14(19)20)18-8-4-2-1-3-5-8/h6-8,13,18H,1-5H2,(H,19,20). The van der Waals surface area contributed by atoms with Crippen molar-refractivity contribution < 1.29 is 23.1 Å². The molecule has 6 heteroatoms. The predicted molar refractivity (Wildman–Crippen MR) is 66.7 cm³/mol. The van der Waals surface area contributed by atoms with Crippen molar-refractivity contribution >= 4 is 5.97 Å². The second kappa shape index (κ2) is 6.26. The molecule has 2 N–H and O–H groups in total. The zero-order valence-electron chi connectivity index (χ0n) is 10.8. The molecule has 1 saturated carbocycles. The van der Waals surface area contributed by atoms with Crippen LogP contribution in [0.25, 0.3) is 0 Å². The SMILES string of the molecule is O=C(O)C(NC1CCCCC1)c1cc(F)c(F)cc1F. The molecule has 0 aromatic heterocycles. The van der Waals surface area contributed by atoms with Crippen molar-refractivity contribution in [1.29, 1.82) is 0 Å². The third-order valence-corrected chi connectivity index (χ3v) is 3.61. The van der Waals surface area contributed by atoms with E-state index in [9.17, 15) is 23.1 Å². The molecule has 1 unspecified atom stereocenters. The Kier molecular flexibility index (Phi) is 4.65. The van der Waals surface area contributed by atoms with E-state index in [1.807, 2.05) is 0 Å². The number of hydrogen-bond donors (Lipinski definition) is 2. The van der Waals surface area contributed by atoms with Crippen LogP contribution in [0.5, 0.6) is 0 Å². The fraction of sp³-hybridized carbons (Fsp3) is 0.500. The van der Waals surface area contributed by atoms with Crippen molar-refractivity contribution in [2.24, 2.45) is 0 Å². The largest absolute Gasteiger partial charge is 0.480 e. The summed E-state index contributed by atoms with van der Waals surface area (Å²) >= 11 is 0. The molecule has 1 aliphatic rings. The van der Waals surface area contributed by atoms with Gasteiger partial charge < -0.3 is 5.11 Å². The number of aliphatic carboxylic acids is 1. The van der Waals surface area contributed by atoms with Crippen LogP contribution in [-0.4, -0.2) is 17.1 Å². The van der Waals surface area contributed by atoms with E-state index in [1.54, 1.807) is 0 Å². The Hall–Kier alpha value is -1.56. The monoisotopic (exact) mass is 287 g/mol. The van der Waals surface area contributed by atoms with E-state index in [1.165, 1.54) is 0 Å². The molecular formula is C14H16F3NO2. The summed E-state index contributed by atoms with van der Waals surface area (Å²) in [6.45, 7) is 0. The molecule has 0 amide bonds. The highest BCUT2D eigenvalue weighted by atomic mass is 19.2. The average Bonchev–Trinajstić information content (AvgIpc) is 2.41. The highest BCUT2D eigenvalue weighted by Gasteiger charge is 2.28. The lowest BCUT2D eigenvalue weighted by Crippen LogP contribution is -2.38. The fourth-order valence-corrected chi connectivity index (χ4v) is 2.56. The second-order valence-electron chi connectivity index (χ2n) is 5.06. The number of carbonyl (C=O) groups is 1. The summed E-state index contributed by atoms with van der Waals surface area (Å²) in [5, 5.41) is 12.0. The summed E-state index contributed by atoms with van der Waals surface area (Å²) in [4.78, 5) is 11.3. The first-order chi connectivity index (χ1) is 9.49. The summed E-state index contributed by atoms with van der Waals surface area (Å²) in [6, 6.07) is -0.423. The quantitative estimate of drug-likeness (QED) is 0.836. The van der Waals surface area contributed by atoms with Crippen molar-refractivity contribution in [1.82, 2.24) is 5.32 Å². The maximum atomic E-state index is 13.7. The topological polar surface area (TPSA) is 49.3 Å². The predicted octanol–water partition coefficient (Wildman–Crippen LogP) is 3.15. The van der Waals surface area contributed by atoms with Gasteiger partial charge in [0.15, 0.2) is 11.6 Å². The van der Waals surface area contributed by atoms with E-state index in [0.717, 1.165) is 32.1 Å². The van der Waals surface area contributed by atoms with E-state index >= 15 is 0 Å². The summed E-state index contributed by atoms with van der Waals surface area (Å²) in [5.74, 6) is -4.94. The summed E-state index contributed by atoms with van der Waals surface area (Å²) < 4.78 is 39.8. The summed E-state index contributed by atoms with van der Waals surface area (Å²) in [7, 11) is 0. The fourth-order valence-electron chi connectivity index (χ4n) is 2.56. The lowest BCUT2D eigenvalue weighted by molar-refractivity contribution is -0.140. The molecule has 110 valence electrons. The Morgan fingerprint density at radius 3 is 2.30 bits per heavy atom. The summed E-state index contributed by atoms with van der Waals surface area (Å²) in [5.41, 5.74) is -0.373. The van der Waals surface area contributed by atoms with Crippen LogP contribution < -0.4 is 5.32 Å². The zero-order valence-corrected chi connectivity index (χ0v) is 10.8. The maximum Gasteiger partial charge on any atom is 0.325 e. The Labute approximate surface area is 114 Å². The Morgan fingerprint density at radius 2 is 1.70 bits per heavy atom. The van der Waals surface area contributed by atoms with Crippen LogP contribution in [0, 0.1) is 17.5 Å². The first-order valence-corrected chi connectivity index (χ1v) is 6.62. The molecule has 0 aliphatic heterocycles. The number of rotatable bonds is 4. The number of nitrogens with one attached hydrogen (secondary N) is 1. The van der Waals surface area contributed by atoms with Crippen LogP contribution >= 0.6 is 0 Å². The molecule has 1 aliphatic carbocycles. The Bertz CT molecular complexity index is 501. The van der Waals surface area contributed by atoms with Crippen molar-refractivity contribution in [2.45, 2.75) is 44.2 Å². The number of halogens is 3. The molecule has 1 fully saturated rings. The molecule has 1 aromatic carbocycles. The van der Waals surface area contributed by atoms with Crippen molar-refractivity contribution in [3.63, 3.8) is 0 Å². The van der Waals surface area contributed by atoms with Crippen LogP contribution in [0.15, 0.2) is 12.1 Å². The molecule has 0 saturated heterocycles. The summed E-state index contributed by atoms with van der Waals surface area (Å²) in [6.07, 6.45) is 4.65. The van der Waals surface area contributed by atoms with Crippen LogP contribution in [-0.2, 0) is 4.79 Å². The molecule has 1 atom stereocenters. The molecule has 0 spiro atoms. The molecule has 0 heterocycles. The van der Waals surface area contributed by atoms with Gasteiger partial charge in [0.2, 0.25) is 0 Å². The van der Waals surface area contributed by atoms with Gasteiger partial charge in [0.1, 0.15) is 11.9 Å². The van der Waals surface area contributed by atoms with Gasteiger partial charge in [0, 0.05) is 17.7 Å². The van der Waals surface area contributed by atoms with E-state index in [0.29, 0.717) is 12.1 Å². The molecule has 2 rings (SSSR count). The van der Waals surface area contributed by atoms with Crippen molar-refractivity contribution in [2.75, 3.05) is 0 Å². The lowest BCUT2D eigenvalue weighted by Gasteiger charge is -2.26. The number of carboxylic acids is 1. The average molecular weight is 287 g/mol. The number of hydrogen-bond acceptors (Lipinski definition) is 2. The van der Waals surface area contributed by atoms with Crippen LogP contribution in [0.2, 0.25) is 0 Å². The second-order valence-corrected chi connectivity index (χ2v) is 5.06. The molecule has 1 aromatic rings. The maximum absolute atomic E-state index is 13.7. The van der Waals surface area contributed by atoms with Gasteiger partial charge >= 0.3 is 5.97 Å². The lowest BCUT2D eigenvalue weighted by atomic mass is 9.94. The third-order valence-electron chi connectivity index (χ3n) is 3.61. The highest BCUT2D eigenvalue weighted by molar-refractivity contribution is 5.75. The van der Waals surface area contributed by atoms with Gasteiger partial charge in [-0.15, -0.1) is 0 Å². The molecular weight excluding hydrogens is 271 g/mol. The number of carboxylic acid groups (broad SMARTS) is 1. The number of benzene rings is 1. The van der Waals surface area contributed by atoms with Gasteiger partial charge in [0.25, 0.3) is 0 Å². The Morgan fingerprint density at radius 1 is 1.10 bits per heavy atom. The van der Waals surface area contributed by atoms with Gasteiger partial charge in [-0.1, -0.05) is 19.3 Å². The van der Waals surface area contributed by atoms with E-state index < -0.39 is 29.5 Å². The molecule has 0 radical (unpaired) electrons. The van der Waals surface area contributed by atoms with Crippen LogP contribution in [0.3, 0.4) is 0 Å². The highest BCUT2D eigenvalue weighted by Crippen LogP contribution is 2.25. The Balaban J connectivity index is 2.24. The van der Waals surface area contributed by atoms with Crippen molar-refractivity contribution in [3.8, 4) is 0 Å². The van der Waals surface area contributed by atoms with Crippen LogP contribution in [0.4, 0.5) is 13.2 Å². The van der Waals surface area contributed by atoms with Gasteiger partial charge in [-0.3, -0.25) is 10.1 Å². The third kappa shape index (κ3) is 3.30. The van der Waals surface area contributed by atoms with E-state index in [2.05, 4.69) is 5.32 Å². The minimum absolute atomic E-state index is 0.0441. The van der Waals surface area contributed by atoms with E-state index in [4.69, 9.17) is 0 Å². The van der Waals surface area contributed by atoms with Gasteiger partial charge in [0.05, 0.1) is 0 Å². The minimum Gasteiger partial charge on any atom is -0.480 e. The van der Waals surface area contributed by atoms with Crippen LogP contribution in [0.1, 0.15) is 43.7 Å². The minimum atomic E-state index is -1.37. The van der Waals surface area contributed by atoms with Gasteiger partial charge in [-0.2, -0.15) is 0 Å². The first-order valence-electron chi connectivity index (χ1n) is 6.62. The molecule has 3 nitrogen and oxygen atoms in total. The zero-order chi connectivity index (χ0) is 14.7. The smallest absolute Gasteiger partial charge is 0.325 e. The molecule has 0 bridgehead atoms. The first kappa shape index (κ1) is 14.8. The van der Waals surface area contributed by atoms with Gasteiger partial charge in [-0.05, 0) is 18.9 Å². The molecule has 20 heavy (non-hydrogen) atoms. The van der Waals surface area contributed by atoms with Gasteiger partial charge in [-0.25, -0.2) is 13.2 Å².